The number of rotatable bonds is 43. The topological polar surface area (TPSA) is 228 Å². The number of aliphatic hydroxyl groups is 8. The first-order chi connectivity index (χ1) is 33.1. The van der Waals surface area contributed by atoms with Crippen LogP contribution in [0.15, 0.2) is 24.3 Å². The molecule has 0 aromatic carbocycles. The number of carbonyl (C=O) groups excluding carboxylic acids is 1. The molecule has 2 fully saturated rings. The molecule has 0 bridgehead atoms. The van der Waals surface area contributed by atoms with E-state index < -0.39 is 86.8 Å². The molecule has 2 aliphatic rings. The number of hydrogen-bond acceptors (Lipinski definition) is 13. The first-order valence-electron chi connectivity index (χ1n) is 27.6. The maximum absolute atomic E-state index is 13.2. The highest BCUT2D eigenvalue weighted by atomic mass is 16.7. The van der Waals surface area contributed by atoms with Gasteiger partial charge in [-0.2, -0.15) is 0 Å². The molecule has 0 saturated carbocycles. The summed E-state index contributed by atoms with van der Waals surface area (Å²) in [5, 5.41) is 86.8. The van der Waals surface area contributed by atoms with Crippen LogP contribution in [0.5, 0.6) is 0 Å². The molecule has 14 nitrogen and oxygen atoms in total. The minimum Gasteiger partial charge on any atom is -0.394 e. The first kappa shape index (κ1) is 62.6. The summed E-state index contributed by atoms with van der Waals surface area (Å²) in [5.41, 5.74) is 0. The second-order valence-corrected chi connectivity index (χ2v) is 19.7. The third kappa shape index (κ3) is 27.3. The molecule has 1 amide bonds. The Balaban J connectivity index is 1.78. The van der Waals surface area contributed by atoms with Crippen molar-refractivity contribution in [1.82, 2.24) is 5.32 Å². The second-order valence-electron chi connectivity index (χ2n) is 19.7. The van der Waals surface area contributed by atoms with Crippen LogP contribution in [0.3, 0.4) is 0 Å². The van der Waals surface area contributed by atoms with Gasteiger partial charge in [-0.15, -0.1) is 0 Å². The highest BCUT2D eigenvalue weighted by molar-refractivity contribution is 5.76. The van der Waals surface area contributed by atoms with Crippen LogP contribution in [0, 0.1) is 0 Å². The van der Waals surface area contributed by atoms with Gasteiger partial charge in [0.1, 0.15) is 48.8 Å². The lowest BCUT2D eigenvalue weighted by Gasteiger charge is -2.46. The van der Waals surface area contributed by atoms with Crippen LogP contribution in [0.1, 0.15) is 219 Å². The van der Waals surface area contributed by atoms with Crippen molar-refractivity contribution < 1.29 is 64.6 Å². The largest absolute Gasteiger partial charge is 0.394 e. The Morgan fingerprint density at radius 2 is 0.926 bits per heavy atom. The fourth-order valence-electron chi connectivity index (χ4n) is 9.11. The Kier molecular flexibility index (Phi) is 37.7. The molecule has 2 heterocycles. The molecule has 0 spiro atoms. The quantitative estimate of drug-likeness (QED) is 0.0208. The monoisotopic (exact) mass is 972 g/mol. The summed E-state index contributed by atoms with van der Waals surface area (Å²) in [4.78, 5) is 13.2. The van der Waals surface area contributed by atoms with Gasteiger partial charge in [0, 0.05) is 6.42 Å². The number of allylic oxidation sites excluding steroid dienone is 3. The van der Waals surface area contributed by atoms with Crippen LogP contribution in [-0.4, -0.2) is 140 Å². The lowest BCUT2D eigenvalue weighted by Crippen LogP contribution is -2.65. The predicted octanol–water partition coefficient (Wildman–Crippen LogP) is 8.11. The van der Waals surface area contributed by atoms with Gasteiger partial charge in [0.05, 0.1) is 32.0 Å². The lowest BCUT2D eigenvalue weighted by molar-refractivity contribution is -0.359. The van der Waals surface area contributed by atoms with Crippen molar-refractivity contribution in [2.24, 2.45) is 0 Å². The van der Waals surface area contributed by atoms with Crippen LogP contribution >= 0.6 is 0 Å². The average molecular weight is 972 g/mol. The normalized spacial score (nSPS) is 26.5. The Bertz CT molecular complexity index is 1240. The van der Waals surface area contributed by atoms with Crippen molar-refractivity contribution in [3.05, 3.63) is 24.3 Å². The summed E-state index contributed by atoms with van der Waals surface area (Å²) in [6, 6.07) is -0.911. The zero-order valence-electron chi connectivity index (χ0n) is 42.6. The van der Waals surface area contributed by atoms with E-state index >= 15 is 0 Å². The van der Waals surface area contributed by atoms with Gasteiger partial charge in [0.25, 0.3) is 0 Å². The van der Waals surface area contributed by atoms with Gasteiger partial charge in [-0.05, 0) is 44.9 Å². The van der Waals surface area contributed by atoms with Gasteiger partial charge in [-0.1, -0.05) is 192 Å². The number of aliphatic hydroxyl groups excluding tert-OH is 8. The summed E-state index contributed by atoms with van der Waals surface area (Å²) in [7, 11) is 0. The summed E-state index contributed by atoms with van der Waals surface area (Å²) < 4.78 is 22.7. The molecule has 0 unspecified atom stereocenters. The van der Waals surface area contributed by atoms with E-state index in [1.807, 2.05) is 6.08 Å². The van der Waals surface area contributed by atoms with Gasteiger partial charge in [-0.3, -0.25) is 4.79 Å². The minimum absolute atomic E-state index is 0.240. The molecule has 0 aromatic heterocycles. The van der Waals surface area contributed by atoms with E-state index in [4.69, 9.17) is 18.9 Å². The van der Waals surface area contributed by atoms with Crippen LogP contribution in [0.4, 0.5) is 0 Å². The molecule has 2 aliphatic heterocycles. The molecule has 9 N–H and O–H groups in total. The Hall–Kier alpha value is -1.53. The van der Waals surface area contributed by atoms with Crippen LogP contribution in [-0.2, 0) is 23.7 Å². The number of unbranched alkanes of at least 4 members (excludes halogenated alkanes) is 28. The van der Waals surface area contributed by atoms with Crippen molar-refractivity contribution >= 4 is 5.91 Å². The number of amides is 1. The standard InChI is InChI=1S/C54H101NO13/c1-3-5-7-9-11-13-15-17-18-19-20-21-22-23-24-26-28-30-32-34-36-38-46(59)55-42(43(58)37-35-33-31-29-27-25-16-14-12-10-8-6-4-2)41-65-53-51(64)49(62)52(45(40-57)67-53)68-54-50(63)48(61)47(60)44(39-56)66-54/h17-18,35,37,42-45,47-54,56-58,60-64H,3-16,19-34,36,38-41H2,1-2H3,(H,55,59)/b18-17-,37-35+/t42-,43+,44+,45+,47-,48-,49+,50+,51-,52+,53+,54-/m0/s1. The van der Waals surface area contributed by atoms with Gasteiger partial charge >= 0.3 is 0 Å². The molecule has 12 atom stereocenters. The van der Waals surface area contributed by atoms with Crippen LogP contribution in [0.25, 0.3) is 0 Å². The summed E-state index contributed by atoms with van der Waals surface area (Å²) in [6.07, 6.45) is 29.3. The zero-order valence-corrected chi connectivity index (χ0v) is 42.6. The van der Waals surface area contributed by atoms with Crippen molar-refractivity contribution in [2.45, 2.75) is 293 Å². The van der Waals surface area contributed by atoms with E-state index in [-0.39, 0.29) is 18.9 Å². The zero-order chi connectivity index (χ0) is 49.6. The second kappa shape index (κ2) is 41.0. The van der Waals surface area contributed by atoms with E-state index in [2.05, 4.69) is 31.3 Å². The van der Waals surface area contributed by atoms with Gasteiger partial charge < -0.3 is 65.1 Å². The molecule has 400 valence electrons. The third-order valence-electron chi connectivity index (χ3n) is 13.6. The number of carbonyl (C=O) groups is 1. The van der Waals surface area contributed by atoms with Gasteiger partial charge in [0.2, 0.25) is 5.91 Å². The fraction of sp³-hybridized carbons (Fsp3) is 0.907. The fourth-order valence-corrected chi connectivity index (χ4v) is 9.11. The maximum Gasteiger partial charge on any atom is 0.220 e. The minimum atomic E-state index is -1.79. The highest BCUT2D eigenvalue weighted by Gasteiger charge is 2.51. The third-order valence-corrected chi connectivity index (χ3v) is 13.6. The Morgan fingerprint density at radius 1 is 0.515 bits per heavy atom. The van der Waals surface area contributed by atoms with Crippen LogP contribution in [0.2, 0.25) is 0 Å². The molecule has 0 aliphatic carbocycles. The van der Waals surface area contributed by atoms with E-state index in [1.54, 1.807) is 6.08 Å². The molecule has 2 rings (SSSR count). The SMILES string of the molecule is CCCCCCCC/C=C\CCCCCCCCCCCCCC(=O)N[C@@H](CO[C@@H]1O[C@H](CO)[C@@H](O[C@@H]2O[C@H](CO)[C@H](O)[C@H](O)[C@H]2O)[C@H](O)[C@@H]1O)[C@H](O)/C=C/CCCCCCCCCCCCC. The maximum atomic E-state index is 13.2. The smallest absolute Gasteiger partial charge is 0.220 e. The molecular weight excluding hydrogens is 871 g/mol. The summed E-state index contributed by atoms with van der Waals surface area (Å²) in [5.74, 6) is -0.240. The average Bonchev–Trinajstić information content (AvgIpc) is 3.34. The Morgan fingerprint density at radius 3 is 1.40 bits per heavy atom. The molecule has 68 heavy (non-hydrogen) atoms. The van der Waals surface area contributed by atoms with Crippen molar-refractivity contribution in [2.75, 3.05) is 19.8 Å². The van der Waals surface area contributed by atoms with E-state index in [0.717, 1.165) is 38.5 Å². The van der Waals surface area contributed by atoms with Crippen molar-refractivity contribution in [1.29, 1.82) is 0 Å². The summed E-state index contributed by atoms with van der Waals surface area (Å²) >= 11 is 0. The molecule has 0 radical (unpaired) electrons. The van der Waals surface area contributed by atoms with Crippen LogP contribution < -0.4 is 5.32 Å². The van der Waals surface area contributed by atoms with Crippen molar-refractivity contribution in [3.8, 4) is 0 Å². The number of ether oxygens (including phenoxy) is 4. The lowest BCUT2D eigenvalue weighted by atomic mass is 9.97. The van der Waals surface area contributed by atoms with Gasteiger partial charge in [-0.25, -0.2) is 0 Å². The molecule has 14 heteroatoms. The van der Waals surface area contributed by atoms with E-state index in [9.17, 15) is 45.6 Å². The molecular formula is C54H101NO13. The van der Waals surface area contributed by atoms with Gasteiger partial charge in [0.15, 0.2) is 12.6 Å². The van der Waals surface area contributed by atoms with E-state index in [0.29, 0.717) is 6.42 Å². The first-order valence-corrected chi connectivity index (χ1v) is 27.6. The van der Waals surface area contributed by atoms with E-state index in [1.165, 1.54) is 154 Å². The highest BCUT2D eigenvalue weighted by Crippen LogP contribution is 2.30. The molecule has 2 saturated heterocycles. The summed E-state index contributed by atoms with van der Waals surface area (Å²) in [6.45, 7) is 2.79. The predicted molar refractivity (Wildman–Crippen MR) is 268 cm³/mol. The van der Waals surface area contributed by atoms with Crippen molar-refractivity contribution in [3.63, 3.8) is 0 Å². The molecule has 0 aromatic rings. The number of nitrogens with one attached hydrogen (secondary N) is 1. The number of hydrogen-bond donors (Lipinski definition) is 9. The Labute approximate surface area is 411 Å².